The lowest BCUT2D eigenvalue weighted by atomic mass is 10.1. The van der Waals surface area contributed by atoms with Gasteiger partial charge in [-0.25, -0.2) is 4.68 Å². The van der Waals surface area contributed by atoms with Crippen LogP contribution in [0.3, 0.4) is 0 Å². The van der Waals surface area contributed by atoms with Crippen LogP contribution in [-0.2, 0) is 12.8 Å². The number of fused-ring (bicyclic) bond motifs is 1. The number of nitrogens with zero attached hydrogens (tertiary/aromatic N) is 3. The summed E-state index contributed by atoms with van der Waals surface area (Å²) in [6.07, 6.45) is 4.05. The zero-order valence-electron chi connectivity index (χ0n) is 14.6. The largest absolute Gasteiger partial charge is 0.337 e. The number of aromatic nitrogens is 2. The van der Waals surface area contributed by atoms with Crippen LogP contribution in [0.1, 0.15) is 40.2 Å². The highest BCUT2D eigenvalue weighted by Crippen LogP contribution is 2.29. The Labute approximate surface area is 154 Å². The number of hydrogen-bond acceptors (Lipinski definition) is 3. The summed E-state index contributed by atoms with van der Waals surface area (Å²) in [4.78, 5) is 14.9. The van der Waals surface area contributed by atoms with Gasteiger partial charge in [-0.1, -0.05) is 17.7 Å². The normalized spacial score (nSPS) is 19.0. The van der Waals surface area contributed by atoms with Crippen LogP contribution in [0.25, 0.3) is 5.69 Å². The second-order valence-corrected chi connectivity index (χ2v) is 7.02. The third kappa shape index (κ3) is 3.18. The van der Waals surface area contributed by atoms with E-state index in [-0.39, 0.29) is 18.3 Å². The van der Waals surface area contributed by atoms with E-state index in [0.717, 1.165) is 50.0 Å². The van der Waals surface area contributed by atoms with E-state index in [4.69, 9.17) is 10.8 Å². The Morgan fingerprint density at radius 1 is 1.28 bits per heavy atom. The van der Waals surface area contributed by atoms with E-state index in [2.05, 4.69) is 31.2 Å². The molecule has 4 rings (SSSR count). The number of benzene rings is 1. The molecule has 2 heterocycles. The second-order valence-electron chi connectivity index (χ2n) is 7.02. The number of rotatable bonds is 3. The molecule has 0 saturated carbocycles. The van der Waals surface area contributed by atoms with Crippen molar-refractivity contribution >= 4 is 18.3 Å². The van der Waals surface area contributed by atoms with Gasteiger partial charge in [0.2, 0.25) is 0 Å². The highest BCUT2D eigenvalue weighted by atomic mass is 35.5. The van der Waals surface area contributed by atoms with Crippen molar-refractivity contribution in [2.45, 2.75) is 32.6 Å². The molecule has 1 saturated heterocycles. The van der Waals surface area contributed by atoms with Gasteiger partial charge in [0.05, 0.1) is 5.69 Å². The van der Waals surface area contributed by atoms with E-state index in [1.54, 1.807) is 0 Å². The predicted octanol–water partition coefficient (Wildman–Crippen LogP) is 2.51. The van der Waals surface area contributed by atoms with Crippen LogP contribution in [0.15, 0.2) is 24.3 Å². The lowest BCUT2D eigenvalue weighted by Crippen LogP contribution is -2.30. The summed E-state index contributed by atoms with van der Waals surface area (Å²) >= 11 is 0. The summed E-state index contributed by atoms with van der Waals surface area (Å²) in [5.74, 6) is 0.510. The van der Waals surface area contributed by atoms with E-state index >= 15 is 0 Å². The van der Waals surface area contributed by atoms with Gasteiger partial charge in [-0.15, -0.1) is 12.4 Å². The maximum atomic E-state index is 13.0. The average molecular weight is 361 g/mol. The van der Waals surface area contributed by atoms with Gasteiger partial charge < -0.3 is 10.6 Å². The number of likely N-dealkylation sites (tertiary alicyclic amines) is 1. The molecule has 1 unspecified atom stereocenters. The van der Waals surface area contributed by atoms with Crippen LogP contribution < -0.4 is 5.73 Å². The smallest absolute Gasteiger partial charge is 0.274 e. The molecule has 1 aromatic carbocycles. The summed E-state index contributed by atoms with van der Waals surface area (Å²) < 4.78 is 1.98. The van der Waals surface area contributed by atoms with E-state index in [9.17, 15) is 4.79 Å². The van der Waals surface area contributed by atoms with Crippen LogP contribution in [0.5, 0.6) is 0 Å². The number of carbonyl (C=O) groups excluding carboxylic acids is 1. The summed E-state index contributed by atoms with van der Waals surface area (Å²) in [7, 11) is 0. The van der Waals surface area contributed by atoms with Crippen molar-refractivity contribution in [3.05, 3.63) is 46.8 Å². The number of hydrogen-bond donors (Lipinski definition) is 1. The van der Waals surface area contributed by atoms with E-state index in [1.165, 1.54) is 11.3 Å². The van der Waals surface area contributed by atoms with Crippen LogP contribution in [-0.4, -0.2) is 40.2 Å². The first-order chi connectivity index (χ1) is 11.7. The minimum absolute atomic E-state index is 0. The van der Waals surface area contributed by atoms with Gasteiger partial charge in [-0.05, 0) is 57.2 Å². The molecule has 0 spiro atoms. The molecule has 1 atom stereocenters. The Morgan fingerprint density at radius 3 is 2.72 bits per heavy atom. The van der Waals surface area contributed by atoms with Gasteiger partial charge in [0, 0.05) is 24.3 Å². The van der Waals surface area contributed by atoms with E-state index in [0.29, 0.717) is 18.2 Å². The molecule has 1 aliphatic heterocycles. The minimum atomic E-state index is 0. The standard InChI is InChI=1S/C19H24N4O.ClH/c1-13-5-7-15(8-6-13)23-17-4-2-3-16(17)18(21-23)19(24)22-10-9-14(11-20)12-22;/h5-8,14H,2-4,9-12,20H2,1H3;1H. The maximum Gasteiger partial charge on any atom is 0.274 e. The van der Waals surface area contributed by atoms with E-state index < -0.39 is 0 Å². The molecule has 25 heavy (non-hydrogen) atoms. The molecule has 1 aromatic heterocycles. The molecule has 2 aromatic rings. The molecular formula is C19H25ClN4O. The first-order valence-corrected chi connectivity index (χ1v) is 8.84. The number of aryl methyl sites for hydroxylation is 1. The molecule has 2 N–H and O–H groups in total. The van der Waals surface area contributed by atoms with Crippen molar-refractivity contribution in [3.8, 4) is 5.69 Å². The molecule has 1 fully saturated rings. The van der Waals surface area contributed by atoms with Crippen LogP contribution >= 0.6 is 12.4 Å². The number of carbonyl (C=O) groups is 1. The average Bonchev–Trinajstić information content (AvgIpc) is 3.31. The van der Waals surface area contributed by atoms with Crippen LogP contribution in [0, 0.1) is 12.8 Å². The summed E-state index contributed by atoms with van der Waals surface area (Å²) in [5.41, 5.74) is 11.0. The molecule has 6 heteroatoms. The van der Waals surface area contributed by atoms with Crippen molar-refractivity contribution in [2.24, 2.45) is 11.7 Å². The Kier molecular flexibility index (Phi) is 5.16. The Balaban J connectivity index is 0.00000182. The monoisotopic (exact) mass is 360 g/mol. The lowest BCUT2D eigenvalue weighted by molar-refractivity contribution is 0.0780. The molecule has 2 aliphatic rings. The number of halogens is 1. The highest BCUT2D eigenvalue weighted by molar-refractivity contribution is 5.94. The topological polar surface area (TPSA) is 64.2 Å². The van der Waals surface area contributed by atoms with Gasteiger partial charge >= 0.3 is 0 Å². The Morgan fingerprint density at radius 2 is 2.04 bits per heavy atom. The zero-order chi connectivity index (χ0) is 16.7. The maximum absolute atomic E-state index is 13.0. The van der Waals surface area contributed by atoms with Gasteiger partial charge in [0.25, 0.3) is 5.91 Å². The van der Waals surface area contributed by atoms with Gasteiger partial charge in [-0.3, -0.25) is 4.79 Å². The lowest BCUT2D eigenvalue weighted by Gasteiger charge is -2.15. The van der Waals surface area contributed by atoms with Crippen molar-refractivity contribution in [1.82, 2.24) is 14.7 Å². The van der Waals surface area contributed by atoms with Crippen molar-refractivity contribution in [3.63, 3.8) is 0 Å². The molecule has 0 radical (unpaired) electrons. The van der Waals surface area contributed by atoms with Gasteiger partial charge in [0.1, 0.15) is 0 Å². The Bertz CT molecular complexity index is 768. The summed E-state index contributed by atoms with van der Waals surface area (Å²) in [6, 6.07) is 8.34. The second kappa shape index (κ2) is 7.18. The predicted molar refractivity (Wildman–Crippen MR) is 101 cm³/mol. The van der Waals surface area contributed by atoms with Gasteiger partial charge in [-0.2, -0.15) is 5.10 Å². The van der Waals surface area contributed by atoms with E-state index in [1.807, 2.05) is 9.58 Å². The third-order valence-corrected chi connectivity index (χ3v) is 5.32. The Hall–Kier alpha value is -1.85. The van der Waals surface area contributed by atoms with Crippen molar-refractivity contribution in [1.29, 1.82) is 0 Å². The van der Waals surface area contributed by atoms with Gasteiger partial charge in [0.15, 0.2) is 5.69 Å². The highest BCUT2D eigenvalue weighted by Gasteiger charge is 2.32. The first kappa shape index (κ1) is 18.0. The number of amides is 1. The molecule has 134 valence electrons. The van der Waals surface area contributed by atoms with Crippen molar-refractivity contribution in [2.75, 3.05) is 19.6 Å². The molecule has 1 aliphatic carbocycles. The SMILES string of the molecule is Cc1ccc(-n2nc(C(=O)N3CCC(CN)C3)c3c2CCC3)cc1.Cl. The van der Waals surface area contributed by atoms with Crippen molar-refractivity contribution < 1.29 is 4.79 Å². The third-order valence-electron chi connectivity index (χ3n) is 5.32. The summed E-state index contributed by atoms with van der Waals surface area (Å²) in [5, 5.41) is 4.72. The minimum Gasteiger partial charge on any atom is -0.337 e. The quantitative estimate of drug-likeness (QED) is 0.914. The van der Waals surface area contributed by atoms with Crippen LogP contribution in [0.4, 0.5) is 0 Å². The van der Waals surface area contributed by atoms with Crippen LogP contribution in [0.2, 0.25) is 0 Å². The fourth-order valence-electron chi connectivity index (χ4n) is 3.87. The molecule has 5 nitrogen and oxygen atoms in total. The molecule has 0 bridgehead atoms. The fraction of sp³-hybridized carbons (Fsp3) is 0.474. The number of nitrogens with two attached hydrogens (primary N) is 1. The molecule has 1 amide bonds. The molecular weight excluding hydrogens is 336 g/mol. The zero-order valence-corrected chi connectivity index (χ0v) is 15.4. The first-order valence-electron chi connectivity index (χ1n) is 8.84. The fourth-order valence-corrected chi connectivity index (χ4v) is 3.87. The summed E-state index contributed by atoms with van der Waals surface area (Å²) in [6.45, 7) is 4.29.